The van der Waals surface area contributed by atoms with E-state index in [1.54, 1.807) is 0 Å². The van der Waals surface area contributed by atoms with Gasteiger partial charge in [0, 0.05) is 13.0 Å². The maximum Gasteiger partial charge on any atom is 0.223 e. The maximum absolute atomic E-state index is 12.1. The van der Waals surface area contributed by atoms with Crippen molar-refractivity contribution >= 4 is 17.7 Å². The van der Waals surface area contributed by atoms with Crippen molar-refractivity contribution in [2.75, 3.05) is 6.26 Å². The molecule has 1 saturated heterocycles. The summed E-state index contributed by atoms with van der Waals surface area (Å²) < 4.78 is 0. The van der Waals surface area contributed by atoms with Crippen LogP contribution < -0.4 is 0 Å². The summed E-state index contributed by atoms with van der Waals surface area (Å²) in [5, 5.41) is 7.82. The zero-order chi connectivity index (χ0) is 13.9. The average Bonchev–Trinajstić information content (AvgIpc) is 3.08. The van der Waals surface area contributed by atoms with Gasteiger partial charge in [0.05, 0.1) is 6.04 Å². The van der Waals surface area contributed by atoms with Gasteiger partial charge in [-0.1, -0.05) is 42.1 Å². The molecule has 6 heteroatoms. The number of rotatable bonds is 4. The van der Waals surface area contributed by atoms with Crippen LogP contribution in [0.15, 0.2) is 35.5 Å². The zero-order valence-electron chi connectivity index (χ0n) is 11.2. The number of H-pyrrole nitrogens is 1. The summed E-state index contributed by atoms with van der Waals surface area (Å²) in [5.74, 6) is 0.970. The molecule has 1 aromatic carbocycles. The van der Waals surface area contributed by atoms with E-state index >= 15 is 0 Å². The molecule has 1 aromatic heterocycles. The van der Waals surface area contributed by atoms with Gasteiger partial charge in [0.1, 0.15) is 5.82 Å². The number of hydrogen-bond acceptors (Lipinski definition) is 4. The minimum atomic E-state index is 0.0103. The molecule has 1 amide bonds. The second kappa shape index (κ2) is 5.66. The van der Waals surface area contributed by atoms with Gasteiger partial charge in [0.2, 0.25) is 11.1 Å². The molecule has 2 heterocycles. The molecule has 0 saturated carbocycles. The Labute approximate surface area is 121 Å². The standard InChI is InChI=1S/C14H16N4OS/c1-20-14-15-13(16-17-14)11-7-8-12(19)18(11)9-10-5-3-2-4-6-10/h2-6,11H,7-9H2,1H3,(H,15,16,17). The lowest BCUT2D eigenvalue weighted by atomic mass is 10.2. The molecule has 1 N–H and O–H groups in total. The number of benzene rings is 1. The fourth-order valence-electron chi connectivity index (χ4n) is 2.49. The second-order valence-electron chi connectivity index (χ2n) is 4.77. The van der Waals surface area contributed by atoms with Gasteiger partial charge in [-0.3, -0.25) is 9.89 Å². The number of hydrogen-bond donors (Lipinski definition) is 1. The molecule has 104 valence electrons. The topological polar surface area (TPSA) is 61.9 Å². The molecular formula is C14H16N4OS. The van der Waals surface area contributed by atoms with Gasteiger partial charge in [0.25, 0.3) is 0 Å². The van der Waals surface area contributed by atoms with E-state index < -0.39 is 0 Å². The quantitative estimate of drug-likeness (QED) is 0.878. The van der Waals surface area contributed by atoms with E-state index in [1.807, 2.05) is 41.5 Å². The van der Waals surface area contributed by atoms with Crippen LogP contribution in [-0.4, -0.2) is 32.2 Å². The molecule has 1 aliphatic heterocycles. The van der Waals surface area contributed by atoms with Crippen LogP contribution in [0, 0.1) is 0 Å². The lowest BCUT2D eigenvalue weighted by Gasteiger charge is -2.23. The number of carbonyl (C=O) groups is 1. The highest BCUT2D eigenvalue weighted by molar-refractivity contribution is 7.98. The van der Waals surface area contributed by atoms with E-state index in [9.17, 15) is 4.79 Å². The van der Waals surface area contributed by atoms with E-state index in [4.69, 9.17) is 0 Å². The van der Waals surface area contributed by atoms with Crippen LogP contribution in [0.1, 0.15) is 30.3 Å². The maximum atomic E-state index is 12.1. The Bertz CT molecular complexity index is 598. The first-order valence-corrected chi connectivity index (χ1v) is 7.80. The van der Waals surface area contributed by atoms with E-state index in [0.29, 0.717) is 13.0 Å². The molecule has 2 aromatic rings. The van der Waals surface area contributed by atoms with Crippen LogP contribution in [0.2, 0.25) is 0 Å². The van der Waals surface area contributed by atoms with Crippen LogP contribution in [0.5, 0.6) is 0 Å². The number of nitrogens with one attached hydrogen (secondary N) is 1. The Balaban J connectivity index is 1.81. The van der Waals surface area contributed by atoms with Crippen molar-refractivity contribution in [3.8, 4) is 0 Å². The molecule has 20 heavy (non-hydrogen) atoms. The summed E-state index contributed by atoms with van der Waals surface area (Å²) >= 11 is 1.50. The molecule has 0 bridgehead atoms. The van der Waals surface area contributed by atoms with Crippen molar-refractivity contribution in [2.45, 2.75) is 30.6 Å². The Hall–Kier alpha value is -1.82. The van der Waals surface area contributed by atoms with Gasteiger partial charge in [-0.2, -0.15) is 0 Å². The normalized spacial score (nSPS) is 18.8. The summed E-state index contributed by atoms with van der Waals surface area (Å²) in [6, 6.07) is 10.0. The summed E-state index contributed by atoms with van der Waals surface area (Å²) in [6.45, 7) is 0.625. The van der Waals surface area contributed by atoms with Crippen molar-refractivity contribution in [3.05, 3.63) is 41.7 Å². The number of nitrogens with zero attached hydrogens (tertiary/aromatic N) is 3. The highest BCUT2D eigenvalue weighted by Gasteiger charge is 2.34. The third-order valence-electron chi connectivity index (χ3n) is 3.50. The van der Waals surface area contributed by atoms with Crippen LogP contribution in [0.4, 0.5) is 0 Å². The van der Waals surface area contributed by atoms with E-state index in [1.165, 1.54) is 11.8 Å². The highest BCUT2D eigenvalue weighted by Crippen LogP contribution is 2.32. The number of aromatic amines is 1. The van der Waals surface area contributed by atoms with Crippen LogP contribution in [0.3, 0.4) is 0 Å². The van der Waals surface area contributed by atoms with Crippen LogP contribution in [0.25, 0.3) is 0 Å². The molecule has 0 spiro atoms. The monoisotopic (exact) mass is 288 g/mol. The van der Waals surface area contributed by atoms with Gasteiger partial charge in [-0.05, 0) is 18.2 Å². The lowest BCUT2D eigenvalue weighted by Crippen LogP contribution is -2.27. The largest absolute Gasteiger partial charge is 0.328 e. The molecule has 0 radical (unpaired) electrons. The number of likely N-dealkylation sites (tertiary alicyclic amines) is 1. The molecule has 3 rings (SSSR count). The molecule has 1 atom stereocenters. The van der Waals surface area contributed by atoms with Crippen molar-refractivity contribution in [3.63, 3.8) is 0 Å². The first kappa shape index (κ1) is 13.2. The molecule has 5 nitrogen and oxygen atoms in total. The third-order valence-corrected chi connectivity index (χ3v) is 4.05. The second-order valence-corrected chi connectivity index (χ2v) is 5.54. The van der Waals surface area contributed by atoms with Crippen LogP contribution >= 0.6 is 11.8 Å². The number of amides is 1. The van der Waals surface area contributed by atoms with Crippen molar-refractivity contribution in [1.82, 2.24) is 20.1 Å². The lowest BCUT2D eigenvalue weighted by molar-refractivity contribution is -0.129. The first-order chi connectivity index (χ1) is 9.78. The predicted octanol–water partition coefficient (Wildman–Crippen LogP) is 2.39. The first-order valence-electron chi connectivity index (χ1n) is 6.57. The SMILES string of the molecule is CSc1n[nH]c(C2CCC(=O)N2Cc2ccccc2)n1. The van der Waals surface area contributed by atoms with E-state index in [0.717, 1.165) is 23.0 Å². The molecule has 1 unspecified atom stereocenters. The van der Waals surface area contributed by atoms with Crippen molar-refractivity contribution in [1.29, 1.82) is 0 Å². The highest BCUT2D eigenvalue weighted by atomic mass is 32.2. The summed E-state index contributed by atoms with van der Waals surface area (Å²) in [7, 11) is 0. The summed E-state index contributed by atoms with van der Waals surface area (Å²) in [6.07, 6.45) is 3.32. The Morgan fingerprint density at radius 2 is 2.20 bits per heavy atom. The zero-order valence-corrected chi connectivity index (χ0v) is 12.1. The Kier molecular flexibility index (Phi) is 3.73. The predicted molar refractivity (Wildman–Crippen MR) is 77.1 cm³/mol. The van der Waals surface area contributed by atoms with E-state index in [-0.39, 0.29) is 11.9 Å². The number of carbonyl (C=O) groups excluding carboxylic acids is 1. The smallest absolute Gasteiger partial charge is 0.223 e. The fourth-order valence-corrected chi connectivity index (χ4v) is 2.82. The summed E-state index contributed by atoms with van der Waals surface area (Å²) in [5.41, 5.74) is 1.14. The molecule has 1 fully saturated rings. The molecular weight excluding hydrogens is 272 g/mol. The minimum Gasteiger partial charge on any atom is -0.328 e. The number of aromatic nitrogens is 3. The molecule has 0 aliphatic carbocycles. The van der Waals surface area contributed by atoms with Gasteiger partial charge in [0.15, 0.2) is 0 Å². The van der Waals surface area contributed by atoms with Gasteiger partial charge in [-0.15, -0.1) is 5.10 Å². The van der Waals surface area contributed by atoms with E-state index in [2.05, 4.69) is 15.2 Å². The van der Waals surface area contributed by atoms with Gasteiger partial charge >= 0.3 is 0 Å². The van der Waals surface area contributed by atoms with Crippen LogP contribution in [-0.2, 0) is 11.3 Å². The fraction of sp³-hybridized carbons (Fsp3) is 0.357. The Morgan fingerprint density at radius 3 is 2.90 bits per heavy atom. The van der Waals surface area contributed by atoms with Crippen molar-refractivity contribution < 1.29 is 4.79 Å². The number of thioether (sulfide) groups is 1. The minimum absolute atomic E-state index is 0.0103. The van der Waals surface area contributed by atoms with Gasteiger partial charge in [-0.25, -0.2) is 4.98 Å². The molecule has 1 aliphatic rings. The third kappa shape index (κ3) is 2.56. The average molecular weight is 288 g/mol. The summed E-state index contributed by atoms with van der Waals surface area (Å²) in [4.78, 5) is 18.4. The van der Waals surface area contributed by atoms with Gasteiger partial charge < -0.3 is 4.90 Å². The van der Waals surface area contributed by atoms with Crippen molar-refractivity contribution in [2.24, 2.45) is 0 Å². The Morgan fingerprint density at radius 1 is 1.40 bits per heavy atom.